The number of alkyl halides is 3. The highest BCUT2D eigenvalue weighted by Crippen LogP contribution is 2.28. The first-order valence-corrected chi connectivity index (χ1v) is 7.74. The van der Waals surface area contributed by atoms with E-state index in [1.165, 1.54) is 11.1 Å². The summed E-state index contributed by atoms with van der Waals surface area (Å²) in [7, 11) is 0. The van der Waals surface area contributed by atoms with E-state index >= 15 is 0 Å². The first-order valence-electron chi connectivity index (χ1n) is 7.74. The van der Waals surface area contributed by atoms with E-state index in [4.69, 9.17) is 5.11 Å². The quantitative estimate of drug-likeness (QED) is 0.882. The number of piperidine rings is 1. The summed E-state index contributed by atoms with van der Waals surface area (Å²) in [6, 6.07) is 1.99. The first kappa shape index (κ1) is 17.8. The van der Waals surface area contributed by atoms with Crippen LogP contribution in [0.4, 0.5) is 13.2 Å². The highest BCUT2D eigenvalue weighted by molar-refractivity contribution is 5.92. The van der Waals surface area contributed by atoms with Crippen LogP contribution in [0.15, 0.2) is 24.5 Å². The molecular formula is C15H14F3N5O3. The molecule has 1 fully saturated rings. The molecule has 8 nitrogen and oxygen atoms in total. The maximum Gasteiger partial charge on any atom is 0.417 e. The summed E-state index contributed by atoms with van der Waals surface area (Å²) < 4.78 is 38.8. The van der Waals surface area contributed by atoms with Crippen molar-refractivity contribution in [2.24, 2.45) is 5.92 Å². The topological polar surface area (TPSA) is 101 Å². The van der Waals surface area contributed by atoms with Crippen molar-refractivity contribution < 1.29 is 27.9 Å². The minimum atomic E-state index is -4.49. The number of aliphatic carboxylic acids is 1. The van der Waals surface area contributed by atoms with Gasteiger partial charge in [0.2, 0.25) is 0 Å². The van der Waals surface area contributed by atoms with Gasteiger partial charge in [0.05, 0.1) is 17.7 Å². The minimum absolute atomic E-state index is 0.0143. The summed E-state index contributed by atoms with van der Waals surface area (Å²) in [5, 5.41) is 16.4. The molecule has 1 N–H and O–H groups in total. The Labute approximate surface area is 145 Å². The van der Waals surface area contributed by atoms with Crippen molar-refractivity contribution in [3.63, 3.8) is 0 Å². The van der Waals surface area contributed by atoms with Gasteiger partial charge in [-0.3, -0.25) is 9.59 Å². The first-order chi connectivity index (χ1) is 12.3. The molecule has 0 radical (unpaired) electrons. The van der Waals surface area contributed by atoms with Crippen LogP contribution >= 0.6 is 0 Å². The summed E-state index contributed by atoms with van der Waals surface area (Å²) in [4.78, 5) is 28.5. The van der Waals surface area contributed by atoms with Crippen LogP contribution in [-0.4, -0.2) is 55.0 Å². The van der Waals surface area contributed by atoms with E-state index in [1.807, 2.05) is 0 Å². The Morgan fingerprint density at radius 1 is 1.19 bits per heavy atom. The standard InChI is InChI=1S/C15H14F3N5O3/c16-15(17,18)10-1-2-12(19-7-10)23-8-11(20-21-23)13(24)22-5-3-9(4-6-22)14(25)26/h1-2,7-9H,3-6H2,(H,25,26). The van der Waals surface area contributed by atoms with Crippen LogP contribution < -0.4 is 0 Å². The summed E-state index contributed by atoms with van der Waals surface area (Å²) in [6.07, 6.45) is -1.82. The molecule has 3 rings (SSSR count). The van der Waals surface area contributed by atoms with Crippen molar-refractivity contribution in [2.75, 3.05) is 13.1 Å². The maximum atomic E-state index is 12.6. The van der Waals surface area contributed by atoms with E-state index in [1.54, 1.807) is 0 Å². The Kier molecular flexibility index (Phi) is 4.62. The second kappa shape index (κ2) is 6.73. The van der Waals surface area contributed by atoms with Crippen molar-refractivity contribution in [3.8, 4) is 5.82 Å². The van der Waals surface area contributed by atoms with Gasteiger partial charge < -0.3 is 10.0 Å². The monoisotopic (exact) mass is 369 g/mol. The Bertz CT molecular complexity index is 811. The number of halogens is 3. The molecule has 138 valence electrons. The zero-order chi connectivity index (χ0) is 18.9. The number of carboxylic acids is 1. The molecule has 1 amide bonds. The molecule has 0 unspecified atom stereocenters. The van der Waals surface area contributed by atoms with Gasteiger partial charge in [-0.25, -0.2) is 9.67 Å². The molecule has 0 aliphatic carbocycles. The fraction of sp³-hybridized carbons (Fsp3) is 0.400. The molecule has 2 aromatic heterocycles. The van der Waals surface area contributed by atoms with E-state index in [-0.39, 0.29) is 11.5 Å². The third kappa shape index (κ3) is 3.65. The highest BCUT2D eigenvalue weighted by atomic mass is 19.4. The molecule has 0 aromatic carbocycles. The molecule has 26 heavy (non-hydrogen) atoms. The van der Waals surface area contributed by atoms with Crippen molar-refractivity contribution >= 4 is 11.9 Å². The van der Waals surface area contributed by atoms with Gasteiger partial charge >= 0.3 is 12.1 Å². The van der Waals surface area contributed by atoms with Gasteiger partial charge in [-0.1, -0.05) is 5.21 Å². The number of pyridine rings is 1. The normalized spacial score (nSPS) is 15.9. The summed E-state index contributed by atoms with van der Waals surface area (Å²) in [5.74, 6) is -1.66. The van der Waals surface area contributed by atoms with Gasteiger partial charge in [0.1, 0.15) is 0 Å². The predicted octanol–water partition coefficient (Wildman–Crippen LogP) is 1.62. The lowest BCUT2D eigenvalue weighted by atomic mass is 9.97. The smallest absolute Gasteiger partial charge is 0.417 e. The highest BCUT2D eigenvalue weighted by Gasteiger charge is 2.31. The summed E-state index contributed by atoms with van der Waals surface area (Å²) in [5.41, 5.74) is -0.876. The van der Waals surface area contributed by atoms with E-state index in [0.717, 1.165) is 16.8 Å². The van der Waals surface area contributed by atoms with E-state index in [9.17, 15) is 22.8 Å². The number of likely N-dealkylation sites (tertiary alicyclic amines) is 1. The van der Waals surface area contributed by atoms with Crippen molar-refractivity contribution in [3.05, 3.63) is 35.8 Å². The van der Waals surface area contributed by atoms with Crippen LogP contribution in [0.1, 0.15) is 28.9 Å². The molecular weight excluding hydrogens is 355 g/mol. The van der Waals surface area contributed by atoms with Crippen LogP contribution in [0.5, 0.6) is 0 Å². The Morgan fingerprint density at radius 3 is 2.42 bits per heavy atom. The number of hydrogen-bond acceptors (Lipinski definition) is 5. The Balaban J connectivity index is 1.70. The second-order valence-electron chi connectivity index (χ2n) is 5.86. The fourth-order valence-corrected chi connectivity index (χ4v) is 2.65. The number of carboxylic acid groups (broad SMARTS) is 1. The molecule has 0 bridgehead atoms. The fourth-order valence-electron chi connectivity index (χ4n) is 2.65. The van der Waals surface area contributed by atoms with Crippen LogP contribution in [0.3, 0.4) is 0 Å². The van der Waals surface area contributed by atoms with E-state index < -0.39 is 29.5 Å². The molecule has 0 atom stereocenters. The van der Waals surface area contributed by atoms with Crippen LogP contribution in [0.2, 0.25) is 0 Å². The average molecular weight is 369 g/mol. The van der Waals surface area contributed by atoms with E-state index in [2.05, 4.69) is 15.3 Å². The maximum absolute atomic E-state index is 12.6. The van der Waals surface area contributed by atoms with Gasteiger partial charge in [-0.05, 0) is 25.0 Å². The van der Waals surface area contributed by atoms with Crippen molar-refractivity contribution in [1.29, 1.82) is 0 Å². The third-order valence-electron chi connectivity index (χ3n) is 4.15. The molecule has 3 heterocycles. The number of aromatic nitrogens is 4. The number of carbonyl (C=O) groups excluding carboxylic acids is 1. The Hall–Kier alpha value is -2.98. The number of amides is 1. The van der Waals surface area contributed by atoms with Gasteiger partial charge in [-0.15, -0.1) is 5.10 Å². The zero-order valence-electron chi connectivity index (χ0n) is 13.3. The van der Waals surface area contributed by atoms with Crippen molar-refractivity contribution in [1.82, 2.24) is 24.9 Å². The molecule has 1 aliphatic rings. The molecule has 1 aliphatic heterocycles. The molecule has 11 heteroatoms. The van der Waals surface area contributed by atoms with Crippen molar-refractivity contribution in [2.45, 2.75) is 19.0 Å². The number of nitrogens with zero attached hydrogens (tertiary/aromatic N) is 5. The summed E-state index contributed by atoms with van der Waals surface area (Å²) in [6.45, 7) is 0.586. The van der Waals surface area contributed by atoms with Gasteiger partial charge in [0.25, 0.3) is 5.91 Å². The zero-order valence-corrected chi connectivity index (χ0v) is 13.3. The third-order valence-corrected chi connectivity index (χ3v) is 4.15. The minimum Gasteiger partial charge on any atom is -0.481 e. The lowest BCUT2D eigenvalue weighted by molar-refractivity contribution is -0.143. The number of carbonyl (C=O) groups is 2. The van der Waals surface area contributed by atoms with Gasteiger partial charge in [0.15, 0.2) is 11.5 Å². The summed E-state index contributed by atoms with van der Waals surface area (Å²) >= 11 is 0. The molecule has 0 spiro atoms. The van der Waals surface area contributed by atoms with Gasteiger partial charge in [0, 0.05) is 19.3 Å². The average Bonchev–Trinajstić information content (AvgIpc) is 3.10. The molecule has 2 aromatic rings. The predicted molar refractivity (Wildman–Crippen MR) is 80.4 cm³/mol. The van der Waals surface area contributed by atoms with E-state index in [0.29, 0.717) is 32.1 Å². The Morgan fingerprint density at radius 2 is 1.88 bits per heavy atom. The largest absolute Gasteiger partial charge is 0.481 e. The SMILES string of the molecule is O=C(O)C1CCN(C(=O)c2cn(-c3ccc(C(F)(F)F)cn3)nn2)CC1. The molecule has 0 saturated carbocycles. The lowest BCUT2D eigenvalue weighted by Crippen LogP contribution is -2.40. The van der Waals surface area contributed by atoms with Gasteiger partial charge in [-0.2, -0.15) is 13.2 Å². The number of rotatable bonds is 3. The van der Waals surface area contributed by atoms with Crippen LogP contribution in [0.25, 0.3) is 5.82 Å². The second-order valence-corrected chi connectivity index (χ2v) is 5.86. The lowest BCUT2D eigenvalue weighted by Gasteiger charge is -2.29. The number of hydrogen-bond donors (Lipinski definition) is 1. The molecule has 1 saturated heterocycles. The van der Waals surface area contributed by atoms with Crippen LogP contribution in [0, 0.1) is 5.92 Å². The van der Waals surface area contributed by atoms with Crippen LogP contribution in [-0.2, 0) is 11.0 Å².